The van der Waals surface area contributed by atoms with Crippen LogP contribution < -0.4 is 4.72 Å². The van der Waals surface area contributed by atoms with Crippen LogP contribution in [0.1, 0.15) is 20.8 Å². The molecule has 0 radical (unpaired) electrons. The van der Waals surface area contributed by atoms with Gasteiger partial charge in [0.05, 0.1) is 18.5 Å². The van der Waals surface area contributed by atoms with Crippen molar-refractivity contribution in [1.82, 2.24) is 4.72 Å². The summed E-state index contributed by atoms with van der Waals surface area (Å²) in [6, 6.07) is -0.235. The fourth-order valence-corrected chi connectivity index (χ4v) is 2.09. The molecule has 1 unspecified atom stereocenters. The van der Waals surface area contributed by atoms with Crippen LogP contribution in [0.2, 0.25) is 0 Å². The second kappa shape index (κ2) is 6.61. The third kappa shape index (κ3) is 7.55. The Hall–Kier alpha value is 0.160. The first-order valence-corrected chi connectivity index (χ1v) is 6.73. The fourth-order valence-electron chi connectivity index (χ4n) is 0.790. The standard InChI is InChI=1S/C8H18ClNO3S/c1-7(2)13-4-5-14(11,12)10-8(3)6-9/h7-8,10H,4-6H2,1-3H3. The molecule has 0 fully saturated rings. The zero-order chi connectivity index (χ0) is 11.2. The minimum absolute atomic E-state index is 0.0214. The van der Waals surface area contributed by atoms with Crippen molar-refractivity contribution < 1.29 is 13.2 Å². The maximum atomic E-state index is 11.3. The molecule has 86 valence electrons. The molecule has 6 heteroatoms. The molecular formula is C8H18ClNO3S. The average molecular weight is 244 g/mol. The second-order valence-electron chi connectivity index (χ2n) is 3.41. The van der Waals surface area contributed by atoms with Crippen molar-refractivity contribution in [3.8, 4) is 0 Å². The summed E-state index contributed by atoms with van der Waals surface area (Å²) < 4.78 is 30.2. The van der Waals surface area contributed by atoms with Crippen LogP contribution in [-0.2, 0) is 14.8 Å². The topological polar surface area (TPSA) is 55.4 Å². The number of hydrogen-bond acceptors (Lipinski definition) is 3. The third-order valence-electron chi connectivity index (χ3n) is 1.42. The number of sulfonamides is 1. The van der Waals surface area contributed by atoms with E-state index in [4.69, 9.17) is 16.3 Å². The number of alkyl halides is 1. The van der Waals surface area contributed by atoms with Gasteiger partial charge in [-0.1, -0.05) is 0 Å². The summed E-state index contributed by atoms with van der Waals surface area (Å²) in [5, 5.41) is 0. The molecule has 0 aromatic heterocycles. The van der Waals surface area contributed by atoms with Gasteiger partial charge < -0.3 is 4.74 Å². The van der Waals surface area contributed by atoms with Crippen molar-refractivity contribution in [3.63, 3.8) is 0 Å². The zero-order valence-electron chi connectivity index (χ0n) is 8.79. The predicted octanol–water partition coefficient (Wildman–Crippen LogP) is 0.958. The Bertz CT molecular complexity index is 241. The number of hydrogen-bond donors (Lipinski definition) is 1. The summed E-state index contributed by atoms with van der Waals surface area (Å²) in [6.45, 7) is 5.65. The Labute approximate surface area is 91.0 Å². The van der Waals surface area contributed by atoms with E-state index in [-0.39, 0.29) is 30.4 Å². The minimum Gasteiger partial charge on any atom is -0.378 e. The molecule has 4 nitrogen and oxygen atoms in total. The summed E-state index contributed by atoms with van der Waals surface area (Å²) in [6.07, 6.45) is 0.0515. The lowest BCUT2D eigenvalue weighted by atomic mass is 10.4. The van der Waals surface area contributed by atoms with Gasteiger partial charge in [0.1, 0.15) is 0 Å². The lowest BCUT2D eigenvalue weighted by molar-refractivity contribution is 0.0911. The number of ether oxygens (including phenoxy) is 1. The largest absolute Gasteiger partial charge is 0.378 e. The Balaban J connectivity index is 3.84. The molecule has 0 heterocycles. The maximum Gasteiger partial charge on any atom is 0.214 e. The van der Waals surface area contributed by atoms with Gasteiger partial charge in [-0.2, -0.15) is 0 Å². The predicted molar refractivity (Wildman–Crippen MR) is 58.2 cm³/mol. The molecule has 0 amide bonds. The molecule has 0 bridgehead atoms. The smallest absolute Gasteiger partial charge is 0.214 e. The van der Waals surface area contributed by atoms with Crippen LogP contribution in [0, 0.1) is 0 Å². The third-order valence-corrected chi connectivity index (χ3v) is 3.34. The average Bonchev–Trinajstić information content (AvgIpc) is 2.02. The van der Waals surface area contributed by atoms with Crippen LogP contribution in [0.4, 0.5) is 0 Å². The first kappa shape index (κ1) is 14.2. The lowest BCUT2D eigenvalue weighted by Crippen LogP contribution is -2.36. The summed E-state index contributed by atoms with van der Waals surface area (Å²) in [5.41, 5.74) is 0. The van der Waals surface area contributed by atoms with E-state index in [2.05, 4.69) is 4.72 Å². The van der Waals surface area contributed by atoms with Crippen molar-refractivity contribution in [1.29, 1.82) is 0 Å². The van der Waals surface area contributed by atoms with E-state index in [0.717, 1.165) is 0 Å². The van der Waals surface area contributed by atoms with Crippen LogP contribution in [0.25, 0.3) is 0 Å². The van der Waals surface area contributed by atoms with Gasteiger partial charge in [-0.3, -0.25) is 0 Å². The molecular weight excluding hydrogens is 226 g/mol. The fraction of sp³-hybridized carbons (Fsp3) is 1.00. The highest BCUT2D eigenvalue weighted by molar-refractivity contribution is 7.89. The Morgan fingerprint density at radius 2 is 1.93 bits per heavy atom. The number of rotatable bonds is 7. The van der Waals surface area contributed by atoms with Gasteiger partial charge in [0, 0.05) is 11.9 Å². The Kier molecular flexibility index (Phi) is 6.68. The SMILES string of the molecule is CC(CCl)NS(=O)(=O)CCOC(C)C. The van der Waals surface area contributed by atoms with E-state index in [1.807, 2.05) is 13.8 Å². The second-order valence-corrected chi connectivity index (χ2v) is 5.59. The van der Waals surface area contributed by atoms with E-state index < -0.39 is 10.0 Å². The lowest BCUT2D eigenvalue weighted by Gasteiger charge is -2.12. The molecule has 1 N–H and O–H groups in total. The van der Waals surface area contributed by atoms with Gasteiger partial charge >= 0.3 is 0 Å². The van der Waals surface area contributed by atoms with Crippen LogP contribution in [0.3, 0.4) is 0 Å². The normalized spacial score (nSPS) is 14.6. The molecule has 0 rings (SSSR count). The van der Waals surface area contributed by atoms with Crippen molar-refractivity contribution in [2.75, 3.05) is 18.2 Å². The van der Waals surface area contributed by atoms with E-state index in [1.54, 1.807) is 6.92 Å². The Morgan fingerprint density at radius 1 is 1.36 bits per heavy atom. The van der Waals surface area contributed by atoms with E-state index >= 15 is 0 Å². The summed E-state index contributed by atoms with van der Waals surface area (Å²) in [4.78, 5) is 0. The van der Waals surface area contributed by atoms with Gasteiger partial charge in [-0.15, -0.1) is 11.6 Å². The molecule has 0 aliphatic heterocycles. The number of halogens is 1. The molecule has 0 aliphatic rings. The van der Waals surface area contributed by atoms with Crippen LogP contribution in [0.5, 0.6) is 0 Å². The summed E-state index contributed by atoms with van der Waals surface area (Å²) >= 11 is 5.48. The molecule has 0 aromatic rings. The first-order chi connectivity index (χ1) is 6.37. The minimum atomic E-state index is -3.25. The van der Waals surface area contributed by atoms with Crippen molar-refractivity contribution >= 4 is 21.6 Å². The summed E-state index contributed by atoms with van der Waals surface area (Å²) in [5.74, 6) is 0.247. The van der Waals surface area contributed by atoms with Gasteiger partial charge in [0.25, 0.3) is 0 Å². The van der Waals surface area contributed by atoms with Crippen molar-refractivity contribution in [2.45, 2.75) is 32.9 Å². The first-order valence-electron chi connectivity index (χ1n) is 4.55. The van der Waals surface area contributed by atoms with Gasteiger partial charge in [-0.05, 0) is 20.8 Å². The Morgan fingerprint density at radius 3 is 2.36 bits per heavy atom. The zero-order valence-corrected chi connectivity index (χ0v) is 10.4. The van der Waals surface area contributed by atoms with E-state index in [1.165, 1.54) is 0 Å². The van der Waals surface area contributed by atoms with E-state index in [0.29, 0.717) is 0 Å². The van der Waals surface area contributed by atoms with Gasteiger partial charge in [0.15, 0.2) is 0 Å². The van der Waals surface area contributed by atoms with Crippen LogP contribution >= 0.6 is 11.6 Å². The van der Waals surface area contributed by atoms with Crippen molar-refractivity contribution in [2.24, 2.45) is 0 Å². The van der Waals surface area contributed by atoms with Gasteiger partial charge in [0.2, 0.25) is 10.0 Å². The molecule has 0 saturated carbocycles. The maximum absolute atomic E-state index is 11.3. The summed E-state index contributed by atoms with van der Waals surface area (Å²) in [7, 11) is -3.25. The molecule has 0 saturated heterocycles. The van der Waals surface area contributed by atoms with E-state index in [9.17, 15) is 8.42 Å². The van der Waals surface area contributed by atoms with Crippen LogP contribution in [-0.4, -0.2) is 38.8 Å². The highest BCUT2D eigenvalue weighted by Crippen LogP contribution is 1.94. The quantitative estimate of drug-likeness (QED) is 0.678. The van der Waals surface area contributed by atoms with Crippen LogP contribution in [0.15, 0.2) is 0 Å². The monoisotopic (exact) mass is 243 g/mol. The number of nitrogens with one attached hydrogen (secondary N) is 1. The van der Waals surface area contributed by atoms with Crippen molar-refractivity contribution in [3.05, 3.63) is 0 Å². The highest BCUT2D eigenvalue weighted by atomic mass is 35.5. The molecule has 0 aromatic carbocycles. The highest BCUT2D eigenvalue weighted by Gasteiger charge is 2.13. The molecule has 0 aliphatic carbocycles. The molecule has 1 atom stereocenters. The van der Waals surface area contributed by atoms with Gasteiger partial charge in [-0.25, -0.2) is 13.1 Å². The molecule has 14 heavy (non-hydrogen) atoms. The molecule has 0 spiro atoms.